The quantitative estimate of drug-likeness (QED) is 0.0590. The molecule has 0 spiro atoms. The molecule has 44 heavy (non-hydrogen) atoms. The van der Waals surface area contributed by atoms with Crippen molar-refractivity contribution < 1.29 is 46.3 Å². The predicted molar refractivity (Wildman–Crippen MR) is 156 cm³/mol. The average molecular weight is 654 g/mol. The number of anilines is 1. The van der Waals surface area contributed by atoms with Gasteiger partial charge in [0.05, 0.1) is 17.5 Å². The third-order valence-electron chi connectivity index (χ3n) is 6.92. The fourth-order valence-electron chi connectivity index (χ4n) is 4.46. The number of β-lactam (4-membered cyclic amide) rings is 1. The molecule has 3 atom stereocenters. The number of carboxylic acid groups (broad SMARTS) is 1. The number of benzene rings is 1. The summed E-state index contributed by atoms with van der Waals surface area (Å²) in [6.07, 6.45) is -1.26. The van der Waals surface area contributed by atoms with Crippen molar-refractivity contribution in [3.8, 4) is 5.75 Å². The minimum Gasteiger partial charge on any atom is -0.489 e. The number of aromatic nitrogens is 1. The second kappa shape index (κ2) is 13.2. The van der Waals surface area contributed by atoms with Crippen LogP contribution in [0.4, 0.5) is 5.13 Å². The number of thiazole rings is 1. The van der Waals surface area contributed by atoms with Crippen molar-refractivity contribution in [2.45, 2.75) is 44.4 Å². The number of hydroxylamine groups is 2. The molecule has 17 nitrogen and oxygen atoms in total. The summed E-state index contributed by atoms with van der Waals surface area (Å²) in [6, 6.07) is 6.64. The van der Waals surface area contributed by atoms with Crippen LogP contribution in [0.15, 0.2) is 39.8 Å². The molecule has 3 heterocycles. The van der Waals surface area contributed by atoms with E-state index in [1.54, 1.807) is 24.3 Å². The van der Waals surface area contributed by atoms with E-state index < -0.39 is 64.4 Å². The summed E-state index contributed by atoms with van der Waals surface area (Å²) in [6.45, 7) is 3.98. The standard InChI is InChI=1S/C25H31N7O10S2/c1-25(2)16(22(34)32(25)42-44(37,38)39)9-18(33)20(17-12-43-24(27)30-17)31-41-19(23(35)36)11-40-15-5-3-13(4-6-15)21(26)29-14-7-8-28-10-14/h3-6,12,14,16,19,28H,7-11H2,1-2H3,(H2,26,29)(H2,27,30)(H,35,36)(H,37,38,39)/b31-20-/t14-,16+,19-/m0/s1. The maximum Gasteiger partial charge on any atom is 0.418 e. The van der Waals surface area contributed by atoms with Gasteiger partial charge in [0.1, 0.15) is 23.9 Å². The summed E-state index contributed by atoms with van der Waals surface area (Å²) in [5.74, 6) is -3.49. The van der Waals surface area contributed by atoms with Gasteiger partial charge in [-0.15, -0.1) is 15.6 Å². The zero-order valence-corrected chi connectivity index (χ0v) is 25.2. The second-order valence-corrected chi connectivity index (χ2v) is 12.3. The lowest BCUT2D eigenvalue weighted by Crippen LogP contribution is -2.68. The van der Waals surface area contributed by atoms with Crippen LogP contribution in [0.25, 0.3) is 0 Å². The summed E-state index contributed by atoms with van der Waals surface area (Å²) in [5, 5.41) is 18.6. The van der Waals surface area contributed by atoms with E-state index in [1.165, 1.54) is 19.2 Å². The number of nitrogens with two attached hydrogens (primary N) is 2. The zero-order valence-electron chi connectivity index (χ0n) is 23.6. The molecular weight excluding hydrogens is 622 g/mol. The number of ketones is 1. The first-order chi connectivity index (χ1) is 20.7. The first-order valence-electron chi connectivity index (χ1n) is 13.1. The second-order valence-electron chi connectivity index (χ2n) is 10.4. The van der Waals surface area contributed by atoms with Gasteiger partial charge >= 0.3 is 16.4 Å². The molecule has 2 saturated heterocycles. The summed E-state index contributed by atoms with van der Waals surface area (Å²) >= 11 is 0.983. The Balaban J connectivity index is 1.44. The molecule has 2 aromatic rings. The van der Waals surface area contributed by atoms with E-state index in [1.807, 2.05) is 0 Å². The number of rotatable bonds is 14. The molecule has 1 aromatic carbocycles. The number of Topliss-reactive ketones (excluding diaryl/α,β-unsaturated/α-hetero) is 1. The molecule has 0 aliphatic carbocycles. The van der Waals surface area contributed by atoms with Crippen LogP contribution in [0.1, 0.15) is 37.9 Å². The Morgan fingerprint density at radius 2 is 2.00 bits per heavy atom. The van der Waals surface area contributed by atoms with Gasteiger partial charge in [-0.1, -0.05) is 5.16 Å². The highest BCUT2D eigenvalue weighted by Crippen LogP contribution is 2.40. The minimum absolute atomic E-state index is 0.0265. The Bertz CT molecular complexity index is 1570. The molecule has 2 aliphatic rings. The fourth-order valence-corrected chi connectivity index (χ4v) is 5.47. The number of carboxylic acids is 1. The van der Waals surface area contributed by atoms with Crippen LogP contribution in [0.5, 0.6) is 5.75 Å². The van der Waals surface area contributed by atoms with Crippen LogP contribution in [-0.2, 0) is 33.9 Å². The Kier molecular flexibility index (Phi) is 9.84. The van der Waals surface area contributed by atoms with Crippen LogP contribution in [0, 0.1) is 5.92 Å². The van der Waals surface area contributed by atoms with Gasteiger partial charge < -0.3 is 31.5 Å². The number of amidine groups is 1. The van der Waals surface area contributed by atoms with Crippen LogP contribution in [-0.4, -0.2) is 94.7 Å². The number of carbonyl (C=O) groups is 3. The normalized spacial score (nSPS) is 21.1. The van der Waals surface area contributed by atoms with Gasteiger partial charge in [-0.25, -0.2) is 9.78 Å². The maximum absolute atomic E-state index is 13.3. The van der Waals surface area contributed by atoms with Gasteiger partial charge in [-0.3, -0.25) is 19.1 Å². The highest BCUT2D eigenvalue weighted by Gasteiger charge is 2.57. The van der Waals surface area contributed by atoms with Crippen LogP contribution >= 0.6 is 11.3 Å². The largest absolute Gasteiger partial charge is 0.489 e. The van der Waals surface area contributed by atoms with Crippen LogP contribution in [0.3, 0.4) is 0 Å². The number of amides is 1. The number of hydrogen-bond donors (Lipinski definition) is 5. The molecule has 4 rings (SSSR count). The number of oxime groups is 1. The number of nitrogens with one attached hydrogen (secondary N) is 1. The van der Waals surface area contributed by atoms with Gasteiger partial charge in [-0.05, 0) is 51.1 Å². The van der Waals surface area contributed by atoms with Crippen LogP contribution in [0.2, 0.25) is 0 Å². The van der Waals surface area contributed by atoms with Gasteiger partial charge in [-0.2, -0.15) is 13.5 Å². The van der Waals surface area contributed by atoms with Gasteiger partial charge in [0.15, 0.2) is 16.6 Å². The first-order valence-corrected chi connectivity index (χ1v) is 15.4. The highest BCUT2D eigenvalue weighted by atomic mass is 32.3. The SMILES string of the molecule is CC1(C)[C@H](CC(=O)/C(=N\O[C@@H](COc2ccc(C(N)=N[C@H]3CCNC3)cc2)C(=O)O)c2csc(N)n2)C(=O)N1OS(=O)(=O)O. The number of aliphatic carboxylic acids is 1. The average Bonchev–Trinajstić information content (AvgIpc) is 3.63. The Morgan fingerprint density at radius 1 is 1.30 bits per heavy atom. The molecule has 2 aliphatic heterocycles. The Hall–Kier alpha value is -4.17. The number of aliphatic imine (C=N–C) groups is 1. The molecule has 0 bridgehead atoms. The van der Waals surface area contributed by atoms with E-state index >= 15 is 0 Å². The molecule has 0 saturated carbocycles. The minimum atomic E-state index is -4.99. The summed E-state index contributed by atoms with van der Waals surface area (Å²) in [4.78, 5) is 51.4. The lowest BCUT2D eigenvalue weighted by atomic mass is 9.74. The first kappa shape index (κ1) is 32.7. The zero-order chi connectivity index (χ0) is 32.2. The molecule has 1 aromatic heterocycles. The molecule has 7 N–H and O–H groups in total. The number of nitrogen functional groups attached to an aromatic ring is 1. The molecular formula is C25H31N7O10S2. The lowest BCUT2D eigenvalue weighted by Gasteiger charge is -2.50. The van der Waals surface area contributed by atoms with Gasteiger partial charge in [0, 0.05) is 23.9 Å². The molecule has 19 heteroatoms. The summed E-state index contributed by atoms with van der Waals surface area (Å²) in [5.41, 5.74) is 10.7. The topological polar surface area (TPSA) is 258 Å². The van der Waals surface area contributed by atoms with Crippen molar-refractivity contribution in [2.24, 2.45) is 21.8 Å². The third kappa shape index (κ3) is 7.85. The van der Waals surface area contributed by atoms with Crippen LogP contribution < -0.4 is 21.5 Å². The van der Waals surface area contributed by atoms with E-state index in [0.29, 0.717) is 22.2 Å². The lowest BCUT2D eigenvalue weighted by molar-refractivity contribution is -0.228. The number of nitrogens with zero attached hydrogens (tertiary/aromatic N) is 4. The Labute approximate surface area is 255 Å². The fraction of sp³-hybridized carbons (Fsp3) is 0.440. The third-order valence-corrected chi connectivity index (χ3v) is 7.93. The summed E-state index contributed by atoms with van der Waals surface area (Å²) < 4.78 is 41.0. The highest BCUT2D eigenvalue weighted by molar-refractivity contribution is 7.80. The van der Waals surface area contributed by atoms with E-state index in [-0.39, 0.29) is 16.9 Å². The smallest absolute Gasteiger partial charge is 0.418 e. The molecule has 238 valence electrons. The van der Waals surface area contributed by atoms with Crippen molar-refractivity contribution in [1.29, 1.82) is 0 Å². The van der Waals surface area contributed by atoms with E-state index in [9.17, 15) is 27.9 Å². The number of hydrogen-bond acceptors (Lipinski definition) is 14. The molecule has 2 fully saturated rings. The van der Waals surface area contributed by atoms with E-state index in [4.69, 9.17) is 25.6 Å². The van der Waals surface area contributed by atoms with Gasteiger partial charge in [0.25, 0.3) is 12.0 Å². The van der Waals surface area contributed by atoms with E-state index in [2.05, 4.69) is 24.7 Å². The van der Waals surface area contributed by atoms with Gasteiger partial charge in [0.2, 0.25) is 0 Å². The monoisotopic (exact) mass is 653 g/mol. The predicted octanol–water partition coefficient (Wildman–Crippen LogP) is -0.0240. The van der Waals surface area contributed by atoms with Crippen molar-refractivity contribution in [3.63, 3.8) is 0 Å². The molecule has 0 unspecified atom stereocenters. The Morgan fingerprint density at radius 3 is 2.55 bits per heavy atom. The number of carbonyl (C=O) groups excluding carboxylic acids is 2. The number of ether oxygens (including phenoxy) is 1. The molecule has 1 amide bonds. The van der Waals surface area contributed by atoms with E-state index in [0.717, 1.165) is 30.8 Å². The molecule has 0 radical (unpaired) electrons. The van der Waals surface area contributed by atoms with Crippen molar-refractivity contribution >= 4 is 56.1 Å². The van der Waals surface area contributed by atoms with Crippen molar-refractivity contribution in [1.82, 2.24) is 15.4 Å². The van der Waals surface area contributed by atoms with Crippen molar-refractivity contribution in [2.75, 3.05) is 25.4 Å². The van der Waals surface area contributed by atoms with Crippen molar-refractivity contribution in [3.05, 3.63) is 40.9 Å². The maximum atomic E-state index is 13.3. The summed E-state index contributed by atoms with van der Waals surface area (Å²) in [7, 11) is -4.99.